The van der Waals surface area contributed by atoms with E-state index in [0.717, 1.165) is 25.2 Å². The third-order valence-electron chi connectivity index (χ3n) is 4.88. The van der Waals surface area contributed by atoms with Crippen LogP contribution in [0, 0.1) is 5.92 Å². The Balaban J connectivity index is 1.39. The lowest BCUT2D eigenvalue weighted by Gasteiger charge is -2.29. The molecular weight excluding hydrogens is 254 g/mol. The Morgan fingerprint density at radius 2 is 1.85 bits per heavy atom. The second-order valence-electron chi connectivity index (χ2n) is 6.40. The van der Waals surface area contributed by atoms with Crippen molar-refractivity contribution in [1.29, 1.82) is 0 Å². The highest BCUT2D eigenvalue weighted by molar-refractivity contribution is 5.13. The van der Waals surface area contributed by atoms with Crippen LogP contribution >= 0.6 is 0 Å². The molecule has 0 radical (unpaired) electrons. The highest BCUT2D eigenvalue weighted by atomic mass is 16.5. The van der Waals surface area contributed by atoms with Gasteiger partial charge in [0.1, 0.15) is 5.76 Å². The molecule has 3 rings (SSSR count). The molecule has 2 saturated carbocycles. The maximum absolute atomic E-state index is 9.24. The van der Waals surface area contributed by atoms with Gasteiger partial charge in [0.25, 0.3) is 5.88 Å². The van der Waals surface area contributed by atoms with Crippen molar-refractivity contribution in [2.75, 3.05) is 6.61 Å². The molecule has 4 nitrogen and oxygen atoms in total. The topological polar surface area (TPSA) is 55.5 Å². The fraction of sp³-hybridized carbons (Fsp3) is 0.812. The van der Waals surface area contributed by atoms with Crippen LogP contribution in [0.4, 0.5) is 0 Å². The molecule has 1 heterocycles. The van der Waals surface area contributed by atoms with Gasteiger partial charge in [0, 0.05) is 18.6 Å². The third kappa shape index (κ3) is 3.54. The van der Waals surface area contributed by atoms with Gasteiger partial charge in [0.15, 0.2) is 0 Å². The Bertz CT molecular complexity index is 404. The van der Waals surface area contributed by atoms with Crippen LogP contribution in [0.15, 0.2) is 10.6 Å². The zero-order chi connectivity index (χ0) is 13.8. The summed E-state index contributed by atoms with van der Waals surface area (Å²) in [5.74, 6) is 1.97. The van der Waals surface area contributed by atoms with Crippen molar-refractivity contribution in [3.05, 3.63) is 11.8 Å². The first-order chi connectivity index (χ1) is 9.81. The van der Waals surface area contributed by atoms with E-state index in [-0.39, 0.29) is 5.88 Å². The summed E-state index contributed by atoms with van der Waals surface area (Å²) >= 11 is 0. The standard InChI is InChI=1S/C16H25NO3/c18-16-10-15(20-17-16)13-8-6-12(7-9-13)11-19-14-4-2-1-3-5-14/h10,12-14H,1-9,11H2,(H,17,18). The largest absolute Gasteiger partial charge is 0.491 e. The molecule has 1 aromatic rings. The third-order valence-corrected chi connectivity index (χ3v) is 4.88. The van der Waals surface area contributed by atoms with E-state index in [0.29, 0.717) is 17.9 Å². The molecule has 0 atom stereocenters. The van der Waals surface area contributed by atoms with Gasteiger partial charge in [0.05, 0.1) is 6.10 Å². The molecule has 0 aromatic carbocycles. The minimum atomic E-state index is 0.00255. The zero-order valence-electron chi connectivity index (χ0n) is 12.1. The van der Waals surface area contributed by atoms with E-state index in [1.165, 1.54) is 44.9 Å². The quantitative estimate of drug-likeness (QED) is 0.905. The summed E-state index contributed by atoms with van der Waals surface area (Å²) in [6.45, 7) is 0.930. The summed E-state index contributed by atoms with van der Waals surface area (Å²) < 4.78 is 11.3. The normalized spacial score (nSPS) is 28.6. The highest BCUT2D eigenvalue weighted by Crippen LogP contribution is 2.37. The first-order valence-electron chi connectivity index (χ1n) is 8.08. The molecular formula is C16H25NO3. The summed E-state index contributed by atoms with van der Waals surface area (Å²) in [7, 11) is 0. The number of aromatic hydroxyl groups is 1. The van der Waals surface area contributed by atoms with Crippen molar-refractivity contribution in [1.82, 2.24) is 5.16 Å². The molecule has 0 aliphatic heterocycles. The van der Waals surface area contributed by atoms with Crippen molar-refractivity contribution >= 4 is 0 Å². The SMILES string of the molecule is Oc1cc(C2CCC(COC3CCCCC3)CC2)on1. The van der Waals surface area contributed by atoms with Gasteiger partial charge in [0.2, 0.25) is 0 Å². The first-order valence-corrected chi connectivity index (χ1v) is 8.08. The number of hydrogen-bond acceptors (Lipinski definition) is 4. The molecule has 2 aliphatic rings. The molecule has 0 spiro atoms. The van der Waals surface area contributed by atoms with E-state index in [4.69, 9.17) is 9.26 Å². The van der Waals surface area contributed by atoms with Gasteiger partial charge in [-0.2, -0.15) is 0 Å². The fourth-order valence-electron chi connectivity index (χ4n) is 3.59. The smallest absolute Gasteiger partial charge is 0.251 e. The molecule has 1 N–H and O–H groups in total. The van der Waals surface area contributed by atoms with Crippen LogP contribution in [0.25, 0.3) is 0 Å². The highest BCUT2D eigenvalue weighted by Gasteiger charge is 2.26. The molecule has 0 unspecified atom stereocenters. The number of rotatable bonds is 4. The number of hydrogen-bond donors (Lipinski definition) is 1. The van der Waals surface area contributed by atoms with Gasteiger partial charge in [-0.25, -0.2) is 0 Å². The molecule has 0 amide bonds. The van der Waals surface area contributed by atoms with E-state index >= 15 is 0 Å². The minimum Gasteiger partial charge on any atom is -0.491 e. The second kappa shape index (κ2) is 6.61. The predicted octanol–water partition coefficient (Wildman–Crippen LogP) is 4.00. The van der Waals surface area contributed by atoms with E-state index < -0.39 is 0 Å². The lowest BCUT2D eigenvalue weighted by atomic mass is 9.81. The number of nitrogens with zero attached hydrogens (tertiary/aromatic N) is 1. The van der Waals surface area contributed by atoms with Gasteiger partial charge in [-0.3, -0.25) is 0 Å². The van der Waals surface area contributed by atoms with Gasteiger partial charge >= 0.3 is 0 Å². The van der Waals surface area contributed by atoms with Crippen LogP contribution < -0.4 is 0 Å². The number of ether oxygens (including phenoxy) is 1. The van der Waals surface area contributed by atoms with Crippen molar-refractivity contribution in [2.45, 2.75) is 69.8 Å². The molecule has 2 aliphatic carbocycles. The molecule has 112 valence electrons. The maximum Gasteiger partial charge on any atom is 0.251 e. The Hall–Kier alpha value is -1.03. The van der Waals surface area contributed by atoms with E-state index in [2.05, 4.69) is 5.16 Å². The van der Waals surface area contributed by atoms with Crippen LogP contribution in [-0.2, 0) is 4.74 Å². The molecule has 0 bridgehead atoms. The van der Waals surface area contributed by atoms with Gasteiger partial charge < -0.3 is 14.4 Å². The summed E-state index contributed by atoms with van der Waals surface area (Å²) in [4.78, 5) is 0. The lowest BCUT2D eigenvalue weighted by Crippen LogP contribution is -2.23. The minimum absolute atomic E-state index is 0.00255. The van der Waals surface area contributed by atoms with Crippen LogP contribution in [0.2, 0.25) is 0 Å². The lowest BCUT2D eigenvalue weighted by molar-refractivity contribution is -0.000310. The zero-order valence-corrected chi connectivity index (χ0v) is 12.1. The van der Waals surface area contributed by atoms with E-state index in [1.54, 1.807) is 6.07 Å². The van der Waals surface area contributed by atoms with Gasteiger partial charge in [-0.05, 0) is 49.6 Å². The maximum atomic E-state index is 9.24. The van der Waals surface area contributed by atoms with Gasteiger partial charge in [-0.1, -0.05) is 19.3 Å². The first kappa shape index (κ1) is 13.9. The molecule has 1 aromatic heterocycles. The molecule has 2 fully saturated rings. The predicted molar refractivity (Wildman–Crippen MR) is 75.7 cm³/mol. The molecule has 4 heteroatoms. The summed E-state index contributed by atoms with van der Waals surface area (Å²) in [5, 5.41) is 12.8. The van der Waals surface area contributed by atoms with Crippen molar-refractivity contribution in [3.63, 3.8) is 0 Å². The van der Waals surface area contributed by atoms with Gasteiger partial charge in [-0.15, -0.1) is 0 Å². The second-order valence-corrected chi connectivity index (χ2v) is 6.40. The fourth-order valence-corrected chi connectivity index (χ4v) is 3.59. The average molecular weight is 279 g/mol. The Morgan fingerprint density at radius 1 is 1.10 bits per heavy atom. The Morgan fingerprint density at radius 3 is 2.50 bits per heavy atom. The summed E-state index contributed by atoms with van der Waals surface area (Å²) in [6, 6.07) is 1.66. The van der Waals surface area contributed by atoms with E-state index in [9.17, 15) is 5.11 Å². The molecule has 0 saturated heterocycles. The molecule has 20 heavy (non-hydrogen) atoms. The van der Waals surface area contributed by atoms with E-state index in [1.807, 2.05) is 0 Å². The van der Waals surface area contributed by atoms with Crippen LogP contribution in [-0.4, -0.2) is 23.0 Å². The Kier molecular flexibility index (Phi) is 4.61. The van der Waals surface area contributed by atoms with Crippen molar-refractivity contribution in [3.8, 4) is 5.88 Å². The number of aromatic nitrogens is 1. The van der Waals surface area contributed by atoms with Crippen LogP contribution in [0.3, 0.4) is 0 Å². The monoisotopic (exact) mass is 279 g/mol. The van der Waals surface area contributed by atoms with Crippen molar-refractivity contribution < 1.29 is 14.4 Å². The summed E-state index contributed by atoms with van der Waals surface area (Å²) in [6.07, 6.45) is 11.7. The Labute approximate surface area is 120 Å². The van der Waals surface area contributed by atoms with Crippen LogP contribution in [0.1, 0.15) is 69.5 Å². The average Bonchev–Trinajstić information content (AvgIpc) is 2.93. The van der Waals surface area contributed by atoms with Crippen LogP contribution in [0.5, 0.6) is 5.88 Å². The van der Waals surface area contributed by atoms with Crippen molar-refractivity contribution in [2.24, 2.45) is 5.92 Å². The summed E-state index contributed by atoms with van der Waals surface area (Å²) in [5.41, 5.74) is 0.